The number of hydrogen-bond acceptors (Lipinski definition) is 3. The maximum atomic E-state index is 5.88. The van der Waals surface area contributed by atoms with Gasteiger partial charge in [0.2, 0.25) is 0 Å². The molecular weight excluding hydrogens is 284 g/mol. The van der Waals surface area contributed by atoms with Crippen LogP contribution in [-0.2, 0) is 16.2 Å². The van der Waals surface area contributed by atoms with Crippen LogP contribution in [0.2, 0.25) is 0 Å². The molecule has 2 saturated carbocycles. The van der Waals surface area contributed by atoms with Gasteiger partial charge in [0, 0.05) is 30.4 Å². The van der Waals surface area contributed by atoms with Crippen molar-refractivity contribution < 1.29 is 9.47 Å². The predicted molar refractivity (Wildman–Crippen MR) is 88.5 cm³/mol. The van der Waals surface area contributed by atoms with E-state index in [-0.39, 0.29) is 0 Å². The summed E-state index contributed by atoms with van der Waals surface area (Å²) in [5.74, 6) is 2.37. The second-order valence-corrected chi connectivity index (χ2v) is 11.8. The highest BCUT2D eigenvalue weighted by atomic mass is 32.3. The molecule has 120 valence electrons. The van der Waals surface area contributed by atoms with E-state index >= 15 is 0 Å². The molecule has 5 heteroatoms. The fraction of sp³-hybridized carbons (Fsp3) is 0.812. The highest BCUT2D eigenvalue weighted by Gasteiger charge is 2.42. The molecule has 21 heavy (non-hydrogen) atoms. The van der Waals surface area contributed by atoms with Crippen molar-refractivity contribution >= 4 is 10.0 Å². The van der Waals surface area contributed by atoms with Crippen molar-refractivity contribution in [3.05, 3.63) is 17.5 Å². The van der Waals surface area contributed by atoms with Crippen LogP contribution < -0.4 is 0 Å². The van der Waals surface area contributed by atoms with Crippen LogP contribution in [0.15, 0.2) is 6.07 Å². The average Bonchev–Trinajstić information content (AvgIpc) is 3.32. The van der Waals surface area contributed by atoms with Gasteiger partial charge in [0.05, 0.1) is 18.4 Å². The van der Waals surface area contributed by atoms with Crippen molar-refractivity contribution in [1.29, 1.82) is 0 Å². The van der Waals surface area contributed by atoms with Crippen LogP contribution in [-0.4, -0.2) is 54.1 Å². The molecule has 3 rings (SSSR count). The van der Waals surface area contributed by atoms with Gasteiger partial charge in [-0.15, -0.1) is 0 Å². The molecule has 0 radical (unpaired) electrons. The lowest BCUT2D eigenvalue weighted by atomic mass is 10.2. The zero-order valence-electron chi connectivity index (χ0n) is 13.7. The van der Waals surface area contributed by atoms with Crippen LogP contribution in [0.25, 0.3) is 0 Å². The van der Waals surface area contributed by atoms with Crippen LogP contribution in [0.5, 0.6) is 0 Å². The molecule has 2 atom stereocenters. The highest BCUT2D eigenvalue weighted by Crippen LogP contribution is 2.46. The first-order chi connectivity index (χ1) is 9.98. The van der Waals surface area contributed by atoms with E-state index in [4.69, 9.17) is 14.6 Å². The van der Waals surface area contributed by atoms with Crippen molar-refractivity contribution in [3.8, 4) is 0 Å². The van der Waals surface area contributed by atoms with E-state index in [9.17, 15) is 0 Å². The van der Waals surface area contributed by atoms with Crippen LogP contribution in [0.3, 0.4) is 0 Å². The molecule has 2 aliphatic carbocycles. The largest absolute Gasteiger partial charge is 0.381 e. The van der Waals surface area contributed by atoms with E-state index in [1.165, 1.54) is 24.2 Å². The molecule has 1 heterocycles. The third kappa shape index (κ3) is 4.02. The molecule has 2 unspecified atom stereocenters. The van der Waals surface area contributed by atoms with Gasteiger partial charge in [-0.3, -0.25) is 0 Å². The molecule has 0 spiro atoms. The van der Waals surface area contributed by atoms with Crippen molar-refractivity contribution in [3.63, 3.8) is 0 Å². The molecule has 0 amide bonds. The lowest BCUT2D eigenvalue weighted by molar-refractivity contribution is 0.0777. The molecule has 0 saturated heterocycles. The molecule has 0 aliphatic heterocycles. The van der Waals surface area contributed by atoms with Crippen molar-refractivity contribution in [1.82, 2.24) is 9.78 Å². The number of methoxy groups -OCH3 is 1. The summed E-state index contributed by atoms with van der Waals surface area (Å²) >= 11 is 0. The number of aromatic nitrogens is 2. The summed E-state index contributed by atoms with van der Waals surface area (Å²) < 4.78 is 13.4. The van der Waals surface area contributed by atoms with Crippen molar-refractivity contribution in [2.24, 2.45) is 0 Å². The standard InChI is InChI=1S/C16H28N2O2S/c1-19-16-9-13(16)15-10-14(12-5-6-12)17-18(15)11-20-7-8-21(2,3)4/h10,12-13,16H,5-9,11H2,1-4H3. The minimum atomic E-state index is -0.478. The quantitative estimate of drug-likeness (QED) is 0.693. The lowest BCUT2D eigenvalue weighted by Gasteiger charge is -2.24. The molecule has 1 aromatic heterocycles. The smallest absolute Gasteiger partial charge is 0.139 e. The lowest BCUT2D eigenvalue weighted by Crippen LogP contribution is -2.13. The maximum absolute atomic E-state index is 5.88. The first kappa shape index (κ1) is 15.4. The number of nitrogens with zero attached hydrogens (tertiary/aromatic N) is 2. The fourth-order valence-corrected chi connectivity index (χ4v) is 3.25. The van der Waals surface area contributed by atoms with E-state index in [2.05, 4.69) is 29.5 Å². The molecule has 0 bridgehead atoms. The van der Waals surface area contributed by atoms with E-state index in [0.29, 0.717) is 24.7 Å². The Labute approximate surface area is 129 Å². The Morgan fingerprint density at radius 2 is 2.10 bits per heavy atom. The minimum absolute atomic E-state index is 0.381. The van der Waals surface area contributed by atoms with Gasteiger partial charge in [0.1, 0.15) is 6.73 Å². The van der Waals surface area contributed by atoms with Crippen LogP contribution in [0.4, 0.5) is 0 Å². The van der Waals surface area contributed by atoms with Gasteiger partial charge >= 0.3 is 0 Å². The first-order valence-electron chi connectivity index (χ1n) is 7.82. The summed E-state index contributed by atoms with van der Waals surface area (Å²) in [6, 6.07) is 2.29. The Morgan fingerprint density at radius 1 is 1.33 bits per heavy atom. The van der Waals surface area contributed by atoms with Gasteiger partial charge in [-0.05, 0) is 44.1 Å². The molecule has 2 aliphatic rings. The number of hydrogen-bond donors (Lipinski definition) is 0. The normalized spacial score (nSPS) is 26.1. The van der Waals surface area contributed by atoms with E-state index < -0.39 is 10.0 Å². The minimum Gasteiger partial charge on any atom is -0.381 e. The number of rotatable bonds is 8. The second kappa shape index (κ2) is 5.94. The van der Waals surface area contributed by atoms with Gasteiger partial charge in [0.25, 0.3) is 0 Å². The third-order valence-corrected chi connectivity index (χ3v) is 5.69. The highest BCUT2D eigenvalue weighted by molar-refractivity contribution is 8.32. The van der Waals surface area contributed by atoms with Gasteiger partial charge in [0.15, 0.2) is 0 Å². The van der Waals surface area contributed by atoms with E-state index in [1.807, 2.05) is 0 Å². The van der Waals surface area contributed by atoms with Crippen LogP contribution in [0, 0.1) is 0 Å². The van der Waals surface area contributed by atoms with Crippen molar-refractivity contribution in [2.75, 3.05) is 38.2 Å². The summed E-state index contributed by atoms with van der Waals surface area (Å²) in [4.78, 5) is 0. The summed E-state index contributed by atoms with van der Waals surface area (Å²) in [5.41, 5.74) is 2.57. The SMILES string of the molecule is COC1CC1c1cc(C2CC2)nn1COCCS(C)(C)C. The zero-order valence-corrected chi connectivity index (χ0v) is 14.5. The third-order valence-electron chi connectivity index (χ3n) is 4.29. The molecule has 1 aromatic rings. The molecule has 0 aromatic carbocycles. The van der Waals surface area contributed by atoms with Gasteiger partial charge < -0.3 is 9.47 Å². The first-order valence-corrected chi connectivity index (χ1v) is 10.8. The molecular formula is C16H28N2O2S. The second-order valence-electron chi connectivity index (χ2n) is 7.22. The molecule has 0 N–H and O–H groups in total. The Morgan fingerprint density at radius 3 is 2.67 bits per heavy atom. The van der Waals surface area contributed by atoms with Crippen LogP contribution in [0.1, 0.15) is 42.5 Å². The van der Waals surface area contributed by atoms with E-state index in [0.717, 1.165) is 18.8 Å². The van der Waals surface area contributed by atoms with Crippen molar-refractivity contribution in [2.45, 2.75) is 43.9 Å². The predicted octanol–water partition coefficient (Wildman–Crippen LogP) is 2.93. The topological polar surface area (TPSA) is 36.3 Å². The Balaban J connectivity index is 1.60. The fourth-order valence-electron chi connectivity index (χ4n) is 2.64. The van der Waals surface area contributed by atoms with Gasteiger partial charge in [-0.25, -0.2) is 14.7 Å². The van der Waals surface area contributed by atoms with Gasteiger partial charge in [-0.1, -0.05) is 0 Å². The molecule has 4 nitrogen and oxygen atoms in total. The zero-order chi connectivity index (χ0) is 15.0. The Bertz CT molecular complexity index is 491. The summed E-state index contributed by atoms with van der Waals surface area (Å²) in [6.07, 6.45) is 11.1. The van der Waals surface area contributed by atoms with Gasteiger partial charge in [-0.2, -0.15) is 5.10 Å². The monoisotopic (exact) mass is 312 g/mol. The van der Waals surface area contributed by atoms with E-state index in [1.54, 1.807) is 7.11 Å². The average molecular weight is 312 g/mol. The summed E-state index contributed by atoms with van der Waals surface area (Å²) in [7, 11) is 1.32. The number of ether oxygens (including phenoxy) is 2. The summed E-state index contributed by atoms with van der Waals surface area (Å²) in [6.45, 7) is 1.42. The summed E-state index contributed by atoms with van der Waals surface area (Å²) in [5, 5.41) is 4.78. The molecule has 2 fully saturated rings. The Hall–Kier alpha value is -0.520. The Kier molecular flexibility index (Phi) is 4.35. The van der Waals surface area contributed by atoms with Crippen LogP contribution >= 0.6 is 10.0 Å². The maximum Gasteiger partial charge on any atom is 0.139 e.